The third-order valence-corrected chi connectivity index (χ3v) is 5.26. The number of urea groups is 1. The predicted octanol–water partition coefficient (Wildman–Crippen LogP) is 3.80. The highest BCUT2D eigenvalue weighted by molar-refractivity contribution is 5.89. The van der Waals surface area contributed by atoms with E-state index in [9.17, 15) is 4.79 Å². The molecule has 4 aromatic rings. The van der Waals surface area contributed by atoms with E-state index in [0.29, 0.717) is 30.4 Å². The number of carbonyl (C=O) groups excluding carboxylic acids is 1. The minimum atomic E-state index is -0.431. The van der Waals surface area contributed by atoms with Gasteiger partial charge in [-0.15, -0.1) is 0 Å². The maximum Gasteiger partial charge on any atom is 0.322 e. The van der Waals surface area contributed by atoms with Crippen LogP contribution in [0.3, 0.4) is 0 Å². The average molecular weight is 416 g/mol. The fourth-order valence-electron chi connectivity index (χ4n) is 3.61. The summed E-state index contributed by atoms with van der Waals surface area (Å²) >= 11 is 0. The number of hydrogen-bond acceptors (Lipinski definition) is 6. The number of rotatable bonds is 4. The summed E-state index contributed by atoms with van der Waals surface area (Å²) in [5.74, 6) is 1.56. The number of H-pyrrole nitrogens is 1. The van der Waals surface area contributed by atoms with Gasteiger partial charge in [0.1, 0.15) is 11.8 Å². The molecule has 0 spiro atoms. The van der Waals surface area contributed by atoms with Crippen molar-refractivity contribution < 1.29 is 14.1 Å². The number of fused-ring (bicyclic) bond motifs is 1. The normalized spacial score (nSPS) is 15.4. The van der Waals surface area contributed by atoms with E-state index in [1.54, 1.807) is 18.3 Å². The third kappa shape index (κ3) is 3.73. The van der Waals surface area contributed by atoms with Crippen LogP contribution in [0.1, 0.15) is 23.3 Å². The lowest BCUT2D eigenvalue weighted by Gasteiger charge is -2.32. The van der Waals surface area contributed by atoms with Crippen molar-refractivity contribution in [3.63, 3.8) is 0 Å². The van der Waals surface area contributed by atoms with Gasteiger partial charge in [-0.1, -0.05) is 23.4 Å². The minimum absolute atomic E-state index is 0.249. The van der Waals surface area contributed by atoms with Crippen LogP contribution in [-0.4, -0.2) is 38.1 Å². The molecule has 0 fully saturated rings. The number of benzene rings is 2. The van der Waals surface area contributed by atoms with E-state index in [1.807, 2.05) is 54.6 Å². The van der Waals surface area contributed by atoms with E-state index in [1.165, 1.54) is 0 Å². The molecule has 2 amide bonds. The second-order valence-corrected chi connectivity index (χ2v) is 7.16. The van der Waals surface area contributed by atoms with Gasteiger partial charge >= 0.3 is 6.03 Å². The van der Waals surface area contributed by atoms with Crippen LogP contribution >= 0.6 is 0 Å². The largest absolute Gasteiger partial charge is 0.497 e. The van der Waals surface area contributed by atoms with E-state index in [4.69, 9.17) is 9.26 Å². The Kier molecular flexibility index (Phi) is 4.83. The van der Waals surface area contributed by atoms with Crippen LogP contribution in [0.4, 0.5) is 10.5 Å². The van der Waals surface area contributed by atoms with Gasteiger partial charge in [-0.25, -0.2) is 9.78 Å². The monoisotopic (exact) mass is 416 g/mol. The second-order valence-electron chi connectivity index (χ2n) is 7.16. The fourth-order valence-corrected chi connectivity index (χ4v) is 3.61. The Morgan fingerprint density at radius 2 is 2.00 bits per heavy atom. The first kappa shape index (κ1) is 18.9. The van der Waals surface area contributed by atoms with Crippen LogP contribution in [0.5, 0.6) is 5.75 Å². The molecule has 0 aliphatic carbocycles. The Morgan fingerprint density at radius 3 is 2.77 bits per heavy atom. The van der Waals surface area contributed by atoms with Gasteiger partial charge in [0.15, 0.2) is 0 Å². The quantitative estimate of drug-likeness (QED) is 0.524. The Morgan fingerprint density at radius 1 is 1.19 bits per heavy atom. The van der Waals surface area contributed by atoms with Crippen molar-refractivity contribution in [2.45, 2.75) is 19.0 Å². The van der Waals surface area contributed by atoms with E-state index in [0.717, 1.165) is 22.7 Å². The first-order valence-electron chi connectivity index (χ1n) is 9.83. The van der Waals surface area contributed by atoms with Gasteiger partial charge in [0, 0.05) is 17.7 Å². The van der Waals surface area contributed by atoms with Gasteiger partial charge < -0.3 is 24.5 Å². The number of anilines is 1. The number of amides is 2. The Balaban J connectivity index is 1.44. The molecule has 0 radical (unpaired) electrons. The maximum atomic E-state index is 13.1. The number of hydrogen-bond donors (Lipinski definition) is 2. The first-order chi connectivity index (χ1) is 15.2. The summed E-state index contributed by atoms with van der Waals surface area (Å²) in [4.78, 5) is 26.9. The SMILES string of the molecule is COc1ccc(-c2noc([C@@H]3Cc4nc[nH]c4CN3C(=O)Nc3ccccc3)n2)cc1. The number of methoxy groups -OCH3 is 1. The molecule has 0 bridgehead atoms. The molecule has 0 saturated heterocycles. The third-order valence-electron chi connectivity index (χ3n) is 5.26. The zero-order chi connectivity index (χ0) is 21.2. The molecule has 5 rings (SSSR count). The van der Waals surface area contributed by atoms with Crippen LogP contribution < -0.4 is 10.1 Å². The van der Waals surface area contributed by atoms with Crippen molar-refractivity contribution in [3.05, 3.63) is 78.2 Å². The highest BCUT2D eigenvalue weighted by Crippen LogP contribution is 2.32. The minimum Gasteiger partial charge on any atom is -0.497 e. The highest BCUT2D eigenvalue weighted by Gasteiger charge is 2.36. The summed E-state index contributed by atoms with van der Waals surface area (Å²) in [5.41, 5.74) is 3.30. The van der Waals surface area contributed by atoms with Gasteiger partial charge in [0.25, 0.3) is 0 Å². The fraction of sp³-hybridized carbons (Fsp3) is 0.182. The number of nitrogens with one attached hydrogen (secondary N) is 2. The summed E-state index contributed by atoms with van der Waals surface area (Å²) in [6.07, 6.45) is 2.11. The zero-order valence-corrected chi connectivity index (χ0v) is 16.8. The molecule has 9 heteroatoms. The van der Waals surface area contributed by atoms with Gasteiger partial charge in [-0.2, -0.15) is 4.98 Å². The van der Waals surface area contributed by atoms with Crippen molar-refractivity contribution in [1.82, 2.24) is 25.0 Å². The Labute approximate surface area is 178 Å². The standard InChI is InChI=1S/C22H20N6O3/c1-30-16-9-7-14(8-10-16)20-26-21(31-27-20)19-11-17-18(24-13-23-17)12-28(19)22(29)25-15-5-3-2-4-6-15/h2-10,13,19H,11-12H2,1H3,(H,23,24)(H,25,29)/t19-/m0/s1. The second kappa shape index (κ2) is 7.94. The van der Waals surface area contributed by atoms with Crippen molar-refractivity contribution >= 4 is 11.7 Å². The van der Waals surface area contributed by atoms with Crippen LogP contribution in [0.25, 0.3) is 11.4 Å². The van der Waals surface area contributed by atoms with Gasteiger partial charge in [0.2, 0.25) is 11.7 Å². The van der Waals surface area contributed by atoms with E-state index >= 15 is 0 Å². The molecule has 2 aromatic carbocycles. The molecule has 1 atom stereocenters. The Hall–Kier alpha value is -4.14. The van der Waals surface area contributed by atoms with Crippen molar-refractivity contribution in [2.75, 3.05) is 12.4 Å². The molecule has 2 N–H and O–H groups in total. The molecular weight excluding hydrogens is 396 g/mol. The molecule has 3 heterocycles. The van der Waals surface area contributed by atoms with Crippen molar-refractivity contribution in [1.29, 1.82) is 0 Å². The molecule has 31 heavy (non-hydrogen) atoms. The van der Waals surface area contributed by atoms with Gasteiger partial charge in [-0.05, 0) is 36.4 Å². The molecule has 0 unspecified atom stereocenters. The van der Waals surface area contributed by atoms with Crippen molar-refractivity contribution in [3.8, 4) is 17.1 Å². The number of ether oxygens (including phenoxy) is 1. The number of nitrogens with zero attached hydrogens (tertiary/aromatic N) is 4. The average Bonchev–Trinajstić information content (AvgIpc) is 3.48. The van der Waals surface area contributed by atoms with E-state index in [-0.39, 0.29) is 6.03 Å². The van der Waals surface area contributed by atoms with Crippen LogP contribution in [0, 0.1) is 0 Å². The first-order valence-corrected chi connectivity index (χ1v) is 9.83. The summed E-state index contributed by atoms with van der Waals surface area (Å²) < 4.78 is 10.8. The summed E-state index contributed by atoms with van der Waals surface area (Å²) in [6, 6.07) is 16.0. The molecule has 1 aliphatic heterocycles. The van der Waals surface area contributed by atoms with Gasteiger partial charge in [0.05, 0.1) is 31.4 Å². The predicted molar refractivity (Wildman–Crippen MR) is 112 cm³/mol. The molecule has 156 valence electrons. The lowest BCUT2D eigenvalue weighted by molar-refractivity contribution is 0.155. The maximum absolute atomic E-state index is 13.1. The number of para-hydroxylation sites is 1. The Bertz CT molecular complexity index is 1190. The van der Waals surface area contributed by atoms with Crippen LogP contribution in [0.2, 0.25) is 0 Å². The smallest absolute Gasteiger partial charge is 0.322 e. The number of imidazole rings is 1. The molecular formula is C22H20N6O3. The number of carbonyl (C=O) groups is 1. The molecule has 0 saturated carbocycles. The van der Waals surface area contributed by atoms with Crippen LogP contribution in [-0.2, 0) is 13.0 Å². The summed E-state index contributed by atoms with van der Waals surface area (Å²) in [6.45, 7) is 0.360. The number of aromatic nitrogens is 4. The molecule has 9 nitrogen and oxygen atoms in total. The molecule has 2 aromatic heterocycles. The van der Waals surface area contributed by atoms with Crippen molar-refractivity contribution in [2.24, 2.45) is 0 Å². The van der Waals surface area contributed by atoms with E-state index in [2.05, 4.69) is 25.4 Å². The zero-order valence-electron chi connectivity index (χ0n) is 16.8. The van der Waals surface area contributed by atoms with Crippen LogP contribution in [0.15, 0.2) is 65.4 Å². The number of aromatic amines is 1. The molecule has 1 aliphatic rings. The lowest BCUT2D eigenvalue weighted by atomic mass is 10.0. The van der Waals surface area contributed by atoms with Gasteiger partial charge in [-0.3, -0.25) is 0 Å². The summed E-state index contributed by atoms with van der Waals surface area (Å²) in [7, 11) is 1.61. The summed E-state index contributed by atoms with van der Waals surface area (Å²) in [5, 5.41) is 7.06. The highest BCUT2D eigenvalue weighted by atomic mass is 16.5. The lowest BCUT2D eigenvalue weighted by Crippen LogP contribution is -2.41. The topological polar surface area (TPSA) is 109 Å². The van der Waals surface area contributed by atoms with E-state index < -0.39 is 6.04 Å².